The van der Waals surface area contributed by atoms with Crippen LogP contribution in [0.1, 0.15) is 32.6 Å². The number of nitrogens with one attached hydrogen (secondary N) is 1. The molecule has 4 heteroatoms. The van der Waals surface area contributed by atoms with Gasteiger partial charge in [-0.05, 0) is 32.7 Å². The van der Waals surface area contributed by atoms with Gasteiger partial charge < -0.3 is 15.3 Å². The Morgan fingerprint density at radius 3 is 2.87 bits per heavy atom. The molecular weight excluding hydrogens is 192 g/mol. The summed E-state index contributed by atoms with van der Waals surface area (Å²) in [6.07, 6.45) is 3.94. The summed E-state index contributed by atoms with van der Waals surface area (Å²) in [5.74, 6) is 0.174. The van der Waals surface area contributed by atoms with Crippen molar-refractivity contribution in [1.82, 2.24) is 10.2 Å². The minimum atomic E-state index is -0.676. The molecule has 0 bridgehead atoms. The molecule has 0 aromatic rings. The normalized spacial score (nSPS) is 36.9. The van der Waals surface area contributed by atoms with Gasteiger partial charge in [0.15, 0.2) is 0 Å². The molecule has 0 radical (unpaired) electrons. The zero-order valence-electron chi connectivity index (χ0n) is 9.33. The summed E-state index contributed by atoms with van der Waals surface area (Å²) in [5.41, 5.74) is -0.676. The van der Waals surface area contributed by atoms with Crippen molar-refractivity contribution in [2.24, 2.45) is 0 Å². The highest BCUT2D eigenvalue weighted by molar-refractivity contribution is 5.82. The van der Waals surface area contributed by atoms with E-state index in [-0.39, 0.29) is 11.9 Å². The Kier molecular flexibility index (Phi) is 2.98. The maximum Gasteiger partial charge on any atom is 0.239 e. The van der Waals surface area contributed by atoms with Crippen molar-refractivity contribution >= 4 is 5.91 Å². The number of likely N-dealkylation sites (tertiary alicyclic amines) is 1. The summed E-state index contributed by atoms with van der Waals surface area (Å²) in [6.45, 7) is 3.93. The molecule has 15 heavy (non-hydrogen) atoms. The van der Waals surface area contributed by atoms with E-state index < -0.39 is 5.60 Å². The van der Waals surface area contributed by atoms with E-state index in [0.717, 1.165) is 19.4 Å². The van der Waals surface area contributed by atoms with Crippen LogP contribution in [0.15, 0.2) is 0 Å². The monoisotopic (exact) mass is 212 g/mol. The fourth-order valence-electron chi connectivity index (χ4n) is 2.42. The van der Waals surface area contributed by atoms with E-state index in [1.807, 2.05) is 0 Å². The highest BCUT2D eigenvalue weighted by Crippen LogP contribution is 2.22. The zero-order chi connectivity index (χ0) is 10.9. The third kappa shape index (κ3) is 2.49. The van der Waals surface area contributed by atoms with Crippen LogP contribution in [0.3, 0.4) is 0 Å². The lowest BCUT2D eigenvalue weighted by Gasteiger charge is -2.27. The first-order chi connectivity index (χ1) is 7.08. The van der Waals surface area contributed by atoms with Gasteiger partial charge in [0, 0.05) is 13.1 Å². The molecule has 2 atom stereocenters. The smallest absolute Gasteiger partial charge is 0.239 e. The average molecular weight is 212 g/mol. The summed E-state index contributed by atoms with van der Waals surface area (Å²) in [5, 5.41) is 13.0. The number of piperidine rings is 1. The van der Waals surface area contributed by atoms with Gasteiger partial charge >= 0.3 is 0 Å². The first-order valence-electron chi connectivity index (χ1n) is 5.83. The van der Waals surface area contributed by atoms with E-state index >= 15 is 0 Å². The molecule has 1 unspecified atom stereocenters. The van der Waals surface area contributed by atoms with Gasteiger partial charge in [-0.15, -0.1) is 0 Å². The molecule has 2 aliphatic rings. The van der Waals surface area contributed by atoms with Crippen molar-refractivity contribution < 1.29 is 9.90 Å². The van der Waals surface area contributed by atoms with Gasteiger partial charge in [0.2, 0.25) is 5.91 Å². The van der Waals surface area contributed by atoms with Crippen LogP contribution in [0.25, 0.3) is 0 Å². The number of carbonyl (C=O) groups excluding carboxylic acids is 1. The number of amides is 1. The third-order valence-electron chi connectivity index (χ3n) is 3.37. The second-order valence-corrected chi connectivity index (χ2v) is 5.01. The summed E-state index contributed by atoms with van der Waals surface area (Å²) in [4.78, 5) is 13.8. The molecule has 2 rings (SSSR count). The topological polar surface area (TPSA) is 52.6 Å². The van der Waals surface area contributed by atoms with Gasteiger partial charge in [0.05, 0.1) is 11.6 Å². The van der Waals surface area contributed by atoms with Crippen molar-refractivity contribution in [3.05, 3.63) is 0 Å². The van der Waals surface area contributed by atoms with Crippen LogP contribution in [-0.4, -0.2) is 47.2 Å². The fraction of sp³-hybridized carbons (Fsp3) is 0.909. The van der Waals surface area contributed by atoms with Crippen molar-refractivity contribution in [1.29, 1.82) is 0 Å². The standard InChI is InChI=1S/C11H20N2O2/c1-11(15)5-7-13(8-11)10(14)9-4-2-3-6-12-9/h9,12,15H,2-8H2,1H3/t9-,11?/m0/s1. The Morgan fingerprint density at radius 1 is 1.53 bits per heavy atom. The maximum atomic E-state index is 12.0. The summed E-state index contributed by atoms with van der Waals surface area (Å²) >= 11 is 0. The van der Waals surface area contributed by atoms with Crippen LogP contribution < -0.4 is 5.32 Å². The van der Waals surface area contributed by atoms with Crippen LogP contribution in [0.4, 0.5) is 0 Å². The minimum absolute atomic E-state index is 0.00681. The van der Waals surface area contributed by atoms with Crippen LogP contribution >= 0.6 is 0 Å². The second-order valence-electron chi connectivity index (χ2n) is 5.01. The first-order valence-corrected chi connectivity index (χ1v) is 5.83. The summed E-state index contributed by atoms with van der Waals surface area (Å²) in [7, 11) is 0. The predicted molar refractivity (Wildman–Crippen MR) is 57.5 cm³/mol. The van der Waals surface area contributed by atoms with Crippen LogP contribution in [0.2, 0.25) is 0 Å². The molecule has 1 amide bonds. The molecule has 2 heterocycles. The van der Waals surface area contributed by atoms with Gasteiger partial charge in [0.1, 0.15) is 0 Å². The van der Waals surface area contributed by atoms with Gasteiger partial charge in [0.25, 0.3) is 0 Å². The van der Waals surface area contributed by atoms with Crippen molar-refractivity contribution in [2.45, 2.75) is 44.2 Å². The number of carbonyl (C=O) groups is 1. The highest BCUT2D eigenvalue weighted by atomic mass is 16.3. The number of β-amino-alcohol motifs (C(OH)–C–C–N with tert-alkyl or cyclic N) is 1. The van der Waals surface area contributed by atoms with Crippen molar-refractivity contribution in [3.8, 4) is 0 Å². The number of aliphatic hydroxyl groups is 1. The fourth-order valence-corrected chi connectivity index (χ4v) is 2.42. The Labute approximate surface area is 90.6 Å². The molecule has 2 aliphatic heterocycles. The SMILES string of the molecule is CC1(O)CCN(C(=O)[C@@H]2CCCCN2)C1. The Bertz CT molecular complexity index is 247. The summed E-state index contributed by atoms with van der Waals surface area (Å²) < 4.78 is 0. The molecule has 0 saturated carbocycles. The molecule has 0 aromatic heterocycles. The van der Waals surface area contributed by atoms with E-state index in [1.165, 1.54) is 6.42 Å². The second kappa shape index (κ2) is 4.10. The van der Waals surface area contributed by atoms with Gasteiger partial charge in [-0.1, -0.05) is 6.42 Å². The summed E-state index contributed by atoms with van der Waals surface area (Å²) in [6, 6.07) is -0.00681. The largest absolute Gasteiger partial charge is 0.388 e. The molecule has 0 aromatic carbocycles. The van der Waals surface area contributed by atoms with Gasteiger partial charge in [-0.2, -0.15) is 0 Å². The Morgan fingerprint density at radius 2 is 2.33 bits per heavy atom. The van der Waals surface area contributed by atoms with E-state index in [9.17, 15) is 9.90 Å². The lowest BCUT2D eigenvalue weighted by Crippen LogP contribution is -2.48. The Hall–Kier alpha value is -0.610. The van der Waals surface area contributed by atoms with Crippen molar-refractivity contribution in [2.75, 3.05) is 19.6 Å². The number of hydrogen-bond acceptors (Lipinski definition) is 3. The van der Waals surface area contributed by atoms with Gasteiger partial charge in [-0.3, -0.25) is 4.79 Å². The van der Waals surface area contributed by atoms with Crippen LogP contribution in [0.5, 0.6) is 0 Å². The number of hydrogen-bond donors (Lipinski definition) is 2. The molecule has 2 N–H and O–H groups in total. The van der Waals surface area contributed by atoms with E-state index in [0.29, 0.717) is 19.5 Å². The predicted octanol–water partition coefficient (Wildman–Crippen LogP) is 0.112. The van der Waals surface area contributed by atoms with Crippen LogP contribution in [-0.2, 0) is 4.79 Å². The molecule has 0 aliphatic carbocycles. The first kappa shape index (κ1) is 10.9. The molecular formula is C11H20N2O2. The average Bonchev–Trinajstić information content (AvgIpc) is 2.59. The lowest BCUT2D eigenvalue weighted by molar-refractivity contribution is -0.133. The number of rotatable bonds is 1. The molecule has 86 valence electrons. The molecule has 2 fully saturated rings. The van der Waals surface area contributed by atoms with Gasteiger partial charge in [-0.25, -0.2) is 0 Å². The lowest BCUT2D eigenvalue weighted by atomic mass is 10.0. The van der Waals surface area contributed by atoms with E-state index in [1.54, 1.807) is 11.8 Å². The highest BCUT2D eigenvalue weighted by Gasteiger charge is 2.36. The minimum Gasteiger partial charge on any atom is -0.388 e. The number of nitrogens with zero attached hydrogens (tertiary/aromatic N) is 1. The van der Waals surface area contributed by atoms with E-state index in [4.69, 9.17) is 0 Å². The maximum absolute atomic E-state index is 12.0. The van der Waals surface area contributed by atoms with Crippen LogP contribution in [0, 0.1) is 0 Å². The zero-order valence-corrected chi connectivity index (χ0v) is 9.33. The quantitative estimate of drug-likeness (QED) is 0.649. The van der Waals surface area contributed by atoms with Crippen molar-refractivity contribution in [3.63, 3.8) is 0 Å². The Balaban J connectivity index is 1.90. The molecule has 2 saturated heterocycles. The third-order valence-corrected chi connectivity index (χ3v) is 3.37. The molecule has 0 spiro atoms. The molecule has 4 nitrogen and oxygen atoms in total. The van der Waals surface area contributed by atoms with E-state index in [2.05, 4.69) is 5.32 Å².